The molecule has 1 heterocycles. The van der Waals surface area contributed by atoms with Crippen LogP contribution in [0.5, 0.6) is 0 Å². The van der Waals surface area contributed by atoms with Gasteiger partial charge in [0.2, 0.25) is 0 Å². The van der Waals surface area contributed by atoms with E-state index in [1.807, 2.05) is 0 Å². The first-order valence-electron chi connectivity index (χ1n) is 5.74. The van der Waals surface area contributed by atoms with Gasteiger partial charge < -0.3 is 10.1 Å². The molecule has 1 saturated heterocycles. The second kappa shape index (κ2) is 5.59. The Morgan fingerprint density at radius 1 is 1.41 bits per heavy atom. The molecular formula is C13H15NO3. The Morgan fingerprint density at radius 2 is 2.18 bits per heavy atom. The molecule has 2 rings (SSSR count). The van der Waals surface area contributed by atoms with Crippen LogP contribution in [-0.4, -0.2) is 31.4 Å². The van der Waals surface area contributed by atoms with Crippen molar-refractivity contribution in [3.63, 3.8) is 0 Å². The zero-order valence-corrected chi connectivity index (χ0v) is 9.52. The van der Waals surface area contributed by atoms with Crippen LogP contribution in [0.3, 0.4) is 0 Å². The monoisotopic (exact) mass is 233 g/mol. The molecular weight excluding hydrogens is 218 g/mol. The average molecular weight is 233 g/mol. The molecule has 0 aliphatic carbocycles. The van der Waals surface area contributed by atoms with Crippen molar-refractivity contribution in [2.45, 2.75) is 18.9 Å². The average Bonchev–Trinajstić information content (AvgIpc) is 2.89. The van der Waals surface area contributed by atoms with E-state index in [1.165, 1.54) is 0 Å². The van der Waals surface area contributed by atoms with Crippen LogP contribution < -0.4 is 5.32 Å². The highest BCUT2D eigenvalue weighted by Crippen LogP contribution is 2.11. The van der Waals surface area contributed by atoms with Gasteiger partial charge >= 0.3 is 0 Å². The van der Waals surface area contributed by atoms with Crippen LogP contribution in [-0.2, 0) is 4.74 Å². The minimum absolute atomic E-state index is 0.127. The van der Waals surface area contributed by atoms with Crippen LogP contribution in [0.15, 0.2) is 24.3 Å². The third-order valence-electron chi connectivity index (χ3n) is 2.82. The maximum atomic E-state index is 11.7. The Hall–Kier alpha value is -1.68. The number of amides is 1. The fourth-order valence-electron chi connectivity index (χ4n) is 1.83. The molecule has 1 unspecified atom stereocenters. The lowest BCUT2D eigenvalue weighted by atomic mass is 10.1. The van der Waals surface area contributed by atoms with E-state index >= 15 is 0 Å². The summed E-state index contributed by atoms with van der Waals surface area (Å²) in [4.78, 5) is 22.2. The number of carbonyl (C=O) groups is 2. The number of nitrogens with one attached hydrogen (secondary N) is 1. The summed E-state index contributed by atoms with van der Waals surface area (Å²) in [5.74, 6) is -0.127. The summed E-state index contributed by atoms with van der Waals surface area (Å²) in [6.07, 6.45) is 2.97. The van der Waals surface area contributed by atoms with Gasteiger partial charge in [0.1, 0.15) is 6.29 Å². The van der Waals surface area contributed by atoms with Crippen molar-refractivity contribution < 1.29 is 14.3 Å². The third kappa shape index (κ3) is 3.14. The van der Waals surface area contributed by atoms with Crippen molar-refractivity contribution in [1.82, 2.24) is 5.32 Å². The molecule has 90 valence electrons. The van der Waals surface area contributed by atoms with E-state index in [9.17, 15) is 9.59 Å². The summed E-state index contributed by atoms with van der Waals surface area (Å²) in [5.41, 5.74) is 1.13. The van der Waals surface area contributed by atoms with Gasteiger partial charge in [0.05, 0.1) is 6.10 Å². The molecule has 0 bridgehead atoms. The van der Waals surface area contributed by atoms with Crippen LogP contribution >= 0.6 is 0 Å². The number of rotatable bonds is 4. The maximum absolute atomic E-state index is 11.7. The molecule has 0 saturated carbocycles. The van der Waals surface area contributed by atoms with Crippen molar-refractivity contribution in [2.75, 3.05) is 13.2 Å². The van der Waals surface area contributed by atoms with Crippen LogP contribution in [0.25, 0.3) is 0 Å². The van der Waals surface area contributed by atoms with E-state index in [0.29, 0.717) is 17.7 Å². The fraction of sp³-hybridized carbons (Fsp3) is 0.385. The number of benzene rings is 1. The van der Waals surface area contributed by atoms with Crippen molar-refractivity contribution in [2.24, 2.45) is 0 Å². The molecule has 17 heavy (non-hydrogen) atoms. The summed E-state index contributed by atoms with van der Waals surface area (Å²) >= 11 is 0. The highest BCUT2D eigenvalue weighted by atomic mass is 16.5. The number of ether oxygens (including phenoxy) is 1. The summed E-state index contributed by atoms with van der Waals surface area (Å²) in [6, 6.07) is 6.56. The molecule has 4 heteroatoms. The van der Waals surface area contributed by atoms with E-state index in [1.54, 1.807) is 24.3 Å². The zero-order valence-electron chi connectivity index (χ0n) is 9.52. The number of hydrogen-bond acceptors (Lipinski definition) is 3. The van der Waals surface area contributed by atoms with E-state index in [0.717, 1.165) is 25.7 Å². The van der Waals surface area contributed by atoms with Crippen LogP contribution in [0, 0.1) is 0 Å². The molecule has 1 fully saturated rings. The Labute approximate surface area is 100.0 Å². The predicted octanol–water partition coefficient (Wildman–Crippen LogP) is 1.41. The van der Waals surface area contributed by atoms with E-state index < -0.39 is 0 Å². The SMILES string of the molecule is O=Cc1ccc(C(=O)NCC2CCCO2)cc1. The van der Waals surface area contributed by atoms with Gasteiger partial charge in [0, 0.05) is 24.3 Å². The highest BCUT2D eigenvalue weighted by Gasteiger charge is 2.16. The predicted molar refractivity (Wildman–Crippen MR) is 63.1 cm³/mol. The molecule has 0 aromatic heterocycles. The first kappa shape index (κ1) is 11.8. The van der Waals surface area contributed by atoms with Gasteiger partial charge in [-0.2, -0.15) is 0 Å². The molecule has 4 nitrogen and oxygen atoms in total. The standard InChI is InChI=1S/C13H15NO3/c15-9-10-3-5-11(6-4-10)13(16)14-8-12-2-1-7-17-12/h3-6,9,12H,1-2,7-8H2,(H,14,16). The molecule has 1 amide bonds. The molecule has 1 aromatic rings. The number of carbonyl (C=O) groups excluding carboxylic acids is 2. The van der Waals surface area contributed by atoms with Crippen LogP contribution in [0.1, 0.15) is 33.6 Å². The summed E-state index contributed by atoms with van der Waals surface area (Å²) in [5, 5.41) is 2.83. The third-order valence-corrected chi connectivity index (χ3v) is 2.82. The maximum Gasteiger partial charge on any atom is 0.251 e. The largest absolute Gasteiger partial charge is 0.376 e. The Balaban J connectivity index is 1.87. The number of aldehydes is 1. The fourth-order valence-corrected chi connectivity index (χ4v) is 1.83. The summed E-state index contributed by atoms with van der Waals surface area (Å²) in [6.45, 7) is 1.34. The quantitative estimate of drug-likeness (QED) is 0.800. The Morgan fingerprint density at radius 3 is 2.76 bits per heavy atom. The molecule has 0 spiro atoms. The lowest BCUT2D eigenvalue weighted by Crippen LogP contribution is -2.31. The van der Waals surface area contributed by atoms with Gasteiger partial charge in [-0.25, -0.2) is 0 Å². The summed E-state index contributed by atoms with van der Waals surface area (Å²) < 4.78 is 5.41. The molecule has 1 N–H and O–H groups in total. The van der Waals surface area contributed by atoms with Crippen molar-refractivity contribution in [3.8, 4) is 0 Å². The van der Waals surface area contributed by atoms with Crippen molar-refractivity contribution >= 4 is 12.2 Å². The molecule has 1 atom stereocenters. The van der Waals surface area contributed by atoms with Crippen LogP contribution in [0.4, 0.5) is 0 Å². The van der Waals surface area contributed by atoms with E-state index in [2.05, 4.69) is 5.32 Å². The minimum Gasteiger partial charge on any atom is -0.376 e. The van der Waals surface area contributed by atoms with Crippen molar-refractivity contribution in [3.05, 3.63) is 35.4 Å². The topological polar surface area (TPSA) is 55.4 Å². The highest BCUT2D eigenvalue weighted by molar-refractivity contribution is 5.94. The van der Waals surface area contributed by atoms with Gasteiger partial charge in [-0.3, -0.25) is 9.59 Å². The smallest absolute Gasteiger partial charge is 0.251 e. The minimum atomic E-state index is -0.127. The van der Waals surface area contributed by atoms with Gasteiger partial charge in [-0.15, -0.1) is 0 Å². The van der Waals surface area contributed by atoms with Crippen molar-refractivity contribution in [1.29, 1.82) is 0 Å². The lowest BCUT2D eigenvalue weighted by molar-refractivity contribution is 0.0857. The zero-order chi connectivity index (χ0) is 12.1. The lowest BCUT2D eigenvalue weighted by Gasteiger charge is -2.10. The summed E-state index contributed by atoms with van der Waals surface area (Å²) in [7, 11) is 0. The van der Waals surface area contributed by atoms with E-state index in [4.69, 9.17) is 4.74 Å². The van der Waals surface area contributed by atoms with Gasteiger partial charge in [0.25, 0.3) is 5.91 Å². The van der Waals surface area contributed by atoms with Gasteiger partial charge in [0.15, 0.2) is 0 Å². The first-order valence-corrected chi connectivity index (χ1v) is 5.74. The first-order chi connectivity index (χ1) is 8.29. The Kier molecular flexibility index (Phi) is 3.88. The normalized spacial score (nSPS) is 18.9. The molecule has 0 radical (unpaired) electrons. The van der Waals surface area contributed by atoms with Gasteiger partial charge in [-0.1, -0.05) is 12.1 Å². The second-order valence-corrected chi connectivity index (χ2v) is 4.08. The molecule has 1 aliphatic heterocycles. The van der Waals surface area contributed by atoms with E-state index in [-0.39, 0.29) is 12.0 Å². The second-order valence-electron chi connectivity index (χ2n) is 4.08. The van der Waals surface area contributed by atoms with Gasteiger partial charge in [-0.05, 0) is 25.0 Å². The molecule has 1 aliphatic rings. The number of hydrogen-bond donors (Lipinski definition) is 1. The Bertz CT molecular complexity index is 394. The molecule has 1 aromatic carbocycles. The van der Waals surface area contributed by atoms with Crippen LogP contribution in [0.2, 0.25) is 0 Å².